The molecule has 15 heavy (non-hydrogen) atoms. The number of non-ortho nitro benzene ring substituents is 1. The third kappa shape index (κ3) is 3.02. The van der Waals surface area contributed by atoms with Gasteiger partial charge in [0.15, 0.2) is 0 Å². The summed E-state index contributed by atoms with van der Waals surface area (Å²) >= 11 is 0. The summed E-state index contributed by atoms with van der Waals surface area (Å²) in [6.45, 7) is 5.99. The van der Waals surface area contributed by atoms with Crippen molar-refractivity contribution >= 4 is 11.4 Å². The summed E-state index contributed by atoms with van der Waals surface area (Å²) in [6.07, 6.45) is 1.70. The van der Waals surface area contributed by atoms with Gasteiger partial charge in [-0.2, -0.15) is 0 Å². The van der Waals surface area contributed by atoms with E-state index in [1.54, 1.807) is 18.2 Å². The summed E-state index contributed by atoms with van der Waals surface area (Å²) in [5.41, 5.74) is 1.84. The predicted molar refractivity (Wildman–Crippen MR) is 60.4 cm³/mol. The largest absolute Gasteiger partial charge is 0.285 e. The molecule has 1 aromatic rings. The molecule has 0 aliphatic carbocycles. The Kier molecular flexibility index (Phi) is 3.74. The number of hydrogen-bond donors (Lipinski definition) is 0. The van der Waals surface area contributed by atoms with Crippen LogP contribution in [0.3, 0.4) is 0 Å². The molecule has 0 unspecified atom stereocenters. The molecule has 1 rings (SSSR count). The standard InChI is InChI=1S/C11H12N2O2/c1-3-8-12-9(2)10-4-6-11(7-5-10)13(14)15/h3-7H,1,8H2,2H3. The van der Waals surface area contributed by atoms with Crippen LogP contribution in [0.1, 0.15) is 12.5 Å². The monoisotopic (exact) mass is 204 g/mol. The molecule has 0 fully saturated rings. The lowest BCUT2D eigenvalue weighted by molar-refractivity contribution is -0.384. The van der Waals surface area contributed by atoms with Gasteiger partial charge in [-0.1, -0.05) is 6.08 Å². The normalized spacial score (nSPS) is 11.1. The van der Waals surface area contributed by atoms with Crippen LogP contribution < -0.4 is 0 Å². The Morgan fingerprint density at radius 3 is 2.60 bits per heavy atom. The summed E-state index contributed by atoms with van der Waals surface area (Å²) in [7, 11) is 0. The Balaban J connectivity index is 2.88. The molecule has 0 amide bonds. The maximum absolute atomic E-state index is 10.4. The van der Waals surface area contributed by atoms with Gasteiger partial charge in [0.1, 0.15) is 0 Å². The number of hydrogen-bond acceptors (Lipinski definition) is 3. The average Bonchev–Trinajstić information content (AvgIpc) is 2.26. The molecule has 0 heterocycles. The predicted octanol–water partition coefficient (Wildman–Crippen LogP) is 2.59. The van der Waals surface area contributed by atoms with Crippen LogP contribution in [0.4, 0.5) is 5.69 Å². The first kappa shape index (κ1) is 11.1. The number of nitro groups is 1. The Hall–Kier alpha value is -1.97. The van der Waals surface area contributed by atoms with E-state index in [4.69, 9.17) is 0 Å². The van der Waals surface area contributed by atoms with Crippen molar-refractivity contribution in [2.75, 3.05) is 6.54 Å². The third-order valence-corrected chi connectivity index (χ3v) is 1.95. The summed E-state index contributed by atoms with van der Waals surface area (Å²) in [6, 6.07) is 6.34. The first-order chi connectivity index (χ1) is 7.15. The van der Waals surface area contributed by atoms with Gasteiger partial charge < -0.3 is 0 Å². The fraction of sp³-hybridized carbons (Fsp3) is 0.182. The fourth-order valence-corrected chi connectivity index (χ4v) is 1.12. The van der Waals surface area contributed by atoms with Crippen LogP contribution >= 0.6 is 0 Å². The van der Waals surface area contributed by atoms with Crippen LogP contribution in [0.25, 0.3) is 0 Å². The van der Waals surface area contributed by atoms with Crippen LogP contribution in [0.2, 0.25) is 0 Å². The number of rotatable bonds is 4. The summed E-state index contributed by atoms with van der Waals surface area (Å²) in [5, 5.41) is 10.4. The van der Waals surface area contributed by atoms with Crippen molar-refractivity contribution in [3.8, 4) is 0 Å². The molecule has 0 radical (unpaired) electrons. The van der Waals surface area contributed by atoms with Gasteiger partial charge in [0.05, 0.1) is 11.5 Å². The SMILES string of the molecule is C=CCN=C(C)c1ccc([N+](=O)[O-])cc1. The van der Waals surface area contributed by atoms with E-state index in [0.717, 1.165) is 11.3 Å². The van der Waals surface area contributed by atoms with E-state index in [0.29, 0.717) is 6.54 Å². The van der Waals surface area contributed by atoms with Crippen molar-refractivity contribution in [3.63, 3.8) is 0 Å². The van der Waals surface area contributed by atoms with Crippen molar-refractivity contribution in [2.45, 2.75) is 6.92 Å². The van der Waals surface area contributed by atoms with Crippen molar-refractivity contribution in [2.24, 2.45) is 4.99 Å². The molecule has 0 aromatic heterocycles. The van der Waals surface area contributed by atoms with E-state index in [1.807, 2.05) is 6.92 Å². The Bertz CT molecular complexity index is 394. The van der Waals surface area contributed by atoms with Crippen LogP contribution in [0, 0.1) is 10.1 Å². The zero-order chi connectivity index (χ0) is 11.3. The molecule has 0 saturated heterocycles. The molecule has 78 valence electrons. The number of aliphatic imine (C=N–C) groups is 1. The first-order valence-corrected chi connectivity index (χ1v) is 4.52. The number of nitrogens with zero attached hydrogens (tertiary/aromatic N) is 2. The minimum absolute atomic E-state index is 0.0928. The van der Waals surface area contributed by atoms with E-state index < -0.39 is 4.92 Å². The second-order valence-corrected chi connectivity index (χ2v) is 3.02. The third-order valence-electron chi connectivity index (χ3n) is 1.95. The van der Waals surface area contributed by atoms with Crippen molar-refractivity contribution < 1.29 is 4.92 Å². The van der Waals surface area contributed by atoms with Gasteiger partial charge in [-0.15, -0.1) is 6.58 Å². The molecule has 0 bridgehead atoms. The maximum Gasteiger partial charge on any atom is 0.269 e. The molecule has 0 aliphatic heterocycles. The van der Waals surface area contributed by atoms with E-state index >= 15 is 0 Å². The van der Waals surface area contributed by atoms with Crippen LogP contribution in [0.15, 0.2) is 41.9 Å². The molecule has 0 atom stereocenters. The zero-order valence-corrected chi connectivity index (χ0v) is 8.51. The Morgan fingerprint density at radius 2 is 2.13 bits per heavy atom. The summed E-state index contributed by atoms with van der Waals surface area (Å²) in [4.78, 5) is 14.2. The lowest BCUT2D eigenvalue weighted by atomic mass is 10.1. The van der Waals surface area contributed by atoms with Crippen LogP contribution in [0.5, 0.6) is 0 Å². The molecule has 0 N–H and O–H groups in total. The summed E-state index contributed by atoms with van der Waals surface area (Å²) in [5.74, 6) is 0. The highest BCUT2D eigenvalue weighted by Gasteiger charge is 2.04. The van der Waals surface area contributed by atoms with Crippen molar-refractivity contribution in [1.82, 2.24) is 0 Å². The second-order valence-electron chi connectivity index (χ2n) is 3.02. The van der Waals surface area contributed by atoms with Gasteiger partial charge in [0, 0.05) is 17.8 Å². The van der Waals surface area contributed by atoms with E-state index in [-0.39, 0.29) is 5.69 Å². The molecule has 0 aliphatic rings. The second kappa shape index (κ2) is 5.05. The Labute approximate surface area is 88.1 Å². The highest BCUT2D eigenvalue weighted by Crippen LogP contribution is 2.12. The lowest BCUT2D eigenvalue weighted by Gasteiger charge is -1.99. The molecular formula is C11H12N2O2. The highest BCUT2D eigenvalue weighted by atomic mass is 16.6. The minimum atomic E-state index is -0.417. The maximum atomic E-state index is 10.4. The van der Waals surface area contributed by atoms with Crippen molar-refractivity contribution in [3.05, 3.63) is 52.6 Å². The summed E-state index contributed by atoms with van der Waals surface area (Å²) < 4.78 is 0. The molecular weight excluding hydrogens is 192 g/mol. The average molecular weight is 204 g/mol. The molecule has 1 aromatic carbocycles. The Morgan fingerprint density at radius 1 is 1.53 bits per heavy atom. The lowest BCUT2D eigenvalue weighted by Crippen LogP contribution is -1.96. The van der Waals surface area contributed by atoms with E-state index in [9.17, 15) is 10.1 Å². The molecule has 0 spiro atoms. The number of benzene rings is 1. The van der Waals surface area contributed by atoms with Gasteiger partial charge >= 0.3 is 0 Å². The highest BCUT2D eigenvalue weighted by molar-refractivity contribution is 5.98. The van der Waals surface area contributed by atoms with Gasteiger partial charge in [0.25, 0.3) is 5.69 Å². The van der Waals surface area contributed by atoms with Gasteiger partial charge in [0.2, 0.25) is 0 Å². The van der Waals surface area contributed by atoms with E-state index in [1.165, 1.54) is 12.1 Å². The molecule has 4 nitrogen and oxygen atoms in total. The fourth-order valence-electron chi connectivity index (χ4n) is 1.12. The minimum Gasteiger partial charge on any atom is -0.285 e. The van der Waals surface area contributed by atoms with Gasteiger partial charge in [-0.3, -0.25) is 15.1 Å². The number of nitro benzene ring substituents is 1. The zero-order valence-electron chi connectivity index (χ0n) is 8.51. The van der Waals surface area contributed by atoms with Crippen LogP contribution in [-0.2, 0) is 0 Å². The molecule has 0 saturated carbocycles. The smallest absolute Gasteiger partial charge is 0.269 e. The van der Waals surface area contributed by atoms with Gasteiger partial charge in [-0.25, -0.2) is 0 Å². The van der Waals surface area contributed by atoms with Crippen LogP contribution in [-0.4, -0.2) is 17.2 Å². The molecule has 4 heteroatoms. The topological polar surface area (TPSA) is 55.5 Å². The van der Waals surface area contributed by atoms with E-state index in [2.05, 4.69) is 11.6 Å². The van der Waals surface area contributed by atoms with Gasteiger partial charge in [-0.05, 0) is 24.6 Å². The quantitative estimate of drug-likeness (QED) is 0.327. The van der Waals surface area contributed by atoms with Crippen molar-refractivity contribution in [1.29, 1.82) is 0 Å². The first-order valence-electron chi connectivity index (χ1n) is 4.52.